The maximum Gasteiger partial charge on any atom is 0.187 e. The monoisotopic (exact) mass is 490 g/mol. The smallest absolute Gasteiger partial charge is 0.187 e. The quantitative estimate of drug-likeness (QED) is 0.198. The zero-order chi connectivity index (χ0) is 25.4. The third-order valence-electron chi connectivity index (χ3n) is 8.74. The summed E-state index contributed by atoms with van der Waals surface area (Å²) in [5.41, 5.74) is 4.60. The Balaban J connectivity index is 1.62. The first kappa shape index (κ1) is 20.1. The normalized spacial score (nSPS) is 14.4. The molecule has 4 heteroatoms. The van der Waals surface area contributed by atoms with Crippen LogP contribution in [0.1, 0.15) is 23.1 Å². The lowest BCUT2D eigenvalue weighted by Crippen LogP contribution is -2.18. The lowest BCUT2D eigenvalue weighted by molar-refractivity contribution is 0.474. The Morgan fingerprint density at radius 1 is 0.605 bits per heavy atom. The van der Waals surface area contributed by atoms with E-state index in [4.69, 9.17) is 0 Å². The van der Waals surface area contributed by atoms with Gasteiger partial charge in [0.25, 0.3) is 0 Å². The van der Waals surface area contributed by atoms with Crippen molar-refractivity contribution in [1.29, 1.82) is 0 Å². The summed E-state index contributed by atoms with van der Waals surface area (Å²) >= 11 is 0. The van der Waals surface area contributed by atoms with E-state index in [0.717, 1.165) is 39.3 Å². The third-order valence-corrected chi connectivity index (χ3v) is 8.74. The summed E-state index contributed by atoms with van der Waals surface area (Å²) in [4.78, 5) is 27.8. The molecular formula is C34H18O4. The minimum atomic E-state index is -0.156. The molecule has 0 heterocycles. The molecule has 7 aromatic carbocycles. The van der Waals surface area contributed by atoms with Crippen molar-refractivity contribution in [3.8, 4) is 16.9 Å². The van der Waals surface area contributed by atoms with E-state index in [1.807, 2.05) is 30.3 Å². The van der Waals surface area contributed by atoms with E-state index in [2.05, 4.69) is 18.2 Å². The Labute approximate surface area is 214 Å². The number of phenolic OH excluding ortho intramolecular Hbond substituents is 1. The Bertz CT molecular complexity index is 2450. The molecule has 0 fully saturated rings. The lowest BCUT2D eigenvalue weighted by Gasteiger charge is -2.24. The minimum absolute atomic E-state index is 0.0705. The summed E-state index contributed by atoms with van der Waals surface area (Å²) < 4.78 is 0. The topological polar surface area (TPSA) is 74.6 Å². The second-order valence-corrected chi connectivity index (χ2v) is 10.6. The summed E-state index contributed by atoms with van der Waals surface area (Å²) in [5.74, 6) is 0.193. The molecule has 38 heavy (non-hydrogen) atoms. The maximum absolute atomic E-state index is 13.9. The molecule has 0 spiro atoms. The predicted molar refractivity (Wildman–Crippen MR) is 154 cm³/mol. The molecule has 0 bridgehead atoms. The van der Waals surface area contributed by atoms with Gasteiger partial charge in [-0.25, -0.2) is 0 Å². The molecule has 0 aliphatic heterocycles. The standard InChI is InChI=1S/C34H18O4/c35-24-7-3-6-20-28(24)23-14-26(37)31-18-9-8-16-12-15-4-1-2-5-17(15)22-13-25(36)30(32(18)27(16)22)19-10-11-21(34(20)38)29(23)33(19)31/h1-6,8-11,13-14,35,38H,7,12H2. The van der Waals surface area contributed by atoms with Crippen molar-refractivity contribution >= 4 is 65.7 Å². The largest absolute Gasteiger partial charge is 0.511 e. The van der Waals surface area contributed by atoms with Gasteiger partial charge >= 0.3 is 0 Å². The summed E-state index contributed by atoms with van der Waals surface area (Å²) in [6.07, 6.45) is 4.69. The van der Waals surface area contributed by atoms with Crippen LogP contribution in [0.25, 0.3) is 76.8 Å². The molecule has 178 valence electrons. The van der Waals surface area contributed by atoms with Gasteiger partial charge in [0.15, 0.2) is 10.9 Å². The van der Waals surface area contributed by atoms with Crippen LogP contribution in [-0.4, -0.2) is 10.2 Å². The fourth-order valence-corrected chi connectivity index (χ4v) is 7.27. The second kappa shape index (κ2) is 6.48. The summed E-state index contributed by atoms with van der Waals surface area (Å²) in [6.45, 7) is 0. The third kappa shape index (κ3) is 2.15. The van der Waals surface area contributed by atoms with Crippen LogP contribution in [0.2, 0.25) is 0 Å². The molecule has 0 saturated carbocycles. The van der Waals surface area contributed by atoms with Crippen molar-refractivity contribution in [3.63, 3.8) is 0 Å². The highest BCUT2D eigenvalue weighted by Gasteiger charge is 2.27. The van der Waals surface area contributed by atoms with Gasteiger partial charge in [0.2, 0.25) is 0 Å². The Hall–Kier alpha value is -4.96. The van der Waals surface area contributed by atoms with Crippen molar-refractivity contribution in [3.05, 3.63) is 109 Å². The van der Waals surface area contributed by atoms with Crippen molar-refractivity contribution in [2.24, 2.45) is 0 Å². The van der Waals surface area contributed by atoms with Crippen LogP contribution in [0.5, 0.6) is 5.75 Å². The van der Waals surface area contributed by atoms with E-state index in [9.17, 15) is 19.8 Å². The van der Waals surface area contributed by atoms with E-state index in [-0.39, 0.29) is 22.4 Å². The van der Waals surface area contributed by atoms with E-state index in [0.29, 0.717) is 54.9 Å². The van der Waals surface area contributed by atoms with Crippen molar-refractivity contribution in [1.82, 2.24) is 0 Å². The number of aromatic hydroxyl groups is 1. The average molecular weight is 491 g/mol. The van der Waals surface area contributed by atoms with Gasteiger partial charge in [-0.3, -0.25) is 9.59 Å². The average Bonchev–Trinajstić information content (AvgIpc) is 2.92. The van der Waals surface area contributed by atoms with Gasteiger partial charge in [-0.2, -0.15) is 0 Å². The molecule has 2 aliphatic rings. The zero-order valence-electron chi connectivity index (χ0n) is 20.1. The molecule has 4 nitrogen and oxygen atoms in total. The number of aliphatic hydroxyl groups excluding tert-OH is 1. The number of benzene rings is 7. The molecule has 7 aromatic rings. The number of hydrogen-bond donors (Lipinski definition) is 2. The van der Waals surface area contributed by atoms with Gasteiger partial charge in [0, 0.05) is 49.5 Å². The fraction of sp³-hybridized carbons (Fsp3) is 0.0588. The molecule has 0 unspecified atom stereocenters. The van der Waals surface area contributed by atoms with Crippen LogP contribution in [0, 0.1) is 0 Å². The second-order valence-electron chi connectivity index (χ2n) is 10.6. The minimum Gasteiger partial charge on any atom is -0.511 e. The highest BCUT2D eigenvalue weighted by molar-refractivity contribution is 6.38. The van der Waals surface area contributed by atoms with Gasteiger partial charge < -0.3 is 10.2 Å². The zero-order valence-corrected chi connectivity index (χ0v) is 20.1. The van der Waals surface area contributed by atoms with Gasteiger partial charge in [-0.15, -0.1) is 0 Å². The molecule has 0 amide bonds. The fourth-order valence-electron chi connectivity index (χ4n) is 7.27. The summed E-state index contributed by atoms with van der Waals surface area (Å²) in [7, 11) is 0. The van der Waals surface area contributed by atoms with Crippen LogP contribution in [-0.2, 0) is 6.42 Å². The van der Waals surface area contributed by atoms with Gasteiger partial charge in [-0.05, 0) is 68.4 Å². The molecule has 2 aliphatic carbocycles. The lowest BCUT2D eigenvalue weighted by atomic mass is 9.79. The van der Waals surface area contributed by atoms with Crippen molar-refractivity contribution in [2.75, 3.05) is 0 Å². The van der Waals surface area contributed by atoms with Crippen LogP contribution in [0.3, 0.4) is 0 Å². The van der Waals surface area contributed by atoms with Crippen molar-refractivity contribution in [2.45, 2.75) is 12.8 Å². The van der Waals surface area contributed by atoms with E-state index in [1.54, 1.807) is 24.3 Å². The molecule has 0 atom stereocenters. The number of fused-ring (bicyclic) bond motifs is 6. The van der Waals surface area contributed by atoms with E-state index < -0.39 is 0 Å². The number of rotatable bonds is 0. The van der Waals surface area contributed by atoms with Crippen LogP contribution >= 0.6 is 0 Å². The van der Waals surface area contributed by atoms with E-state index >= 15 is 0 Å². The maximum atomic E-state index is 13.9. The molecule has 2 N–H and O–H groups in total. The molecule has 9 rings (SSSR count). The first-order valence-corrected chi connectivity index (χ1v) is 12.7. The number of hydrogen-bond acceptors (Lipinski definition) is 4. The number of phenols is 1. The summed E-state index contributed by atoms with van der Waals surface area (Å²) in [5, 5.41) is 29.7. The predicted octanol–water partition coefficient (Wildman–Crippen LogP) is 6.13. The summed E-state index contributed by atoms with van der Waals surface area (Å²) in [6, 6.07) is 19.3. The highest BCUT2D eigenvalue weighted by atomic mass is 16.3. The first-order chi connectivity index (χ1) is 18.5. The number of aliphatic hydroxyl groups is 1. The molecular weight excluding hydrogens is 472 g/mol. The molecule has 0 saturated heterocycles. The van der Waals surface area contributed by atoms with Crippen LogP contribution < -0.4 is 16.1 Å². The first-order valence-electron chi connectivity index (χ1n) is 12.7. The van der Waals surface area contributed by atoms with Crippen molar-refractivity contribution < 1.29 is 10.2 Å². The molecule has 0 aromatic heterocycles. The Morgan fingerprint density at radius 2 is 1.32 bits per heavy atom. The van der Waals surface area contributed by atoms with E-state index in [1.165, 1.54) is 5.56 Å². The Morgan fingerprint density at radius 3 is 2.16 bits per heavy atom. The van der Waals surface area contributed by atoms with Crippen LogP contribution in [0.15, 0.2) is 76.3 Å². The SMILES string of the molecule is O=c1cc2c3c(ccc4c5c(=O)cc6c7c(c(O)c8ccc(c1c34)c5c86)C=CCC=7O)Cc1ccccc1-2. The van der Waals surface area contributed by atoms with Gasteiger partial charge in [0.05, 0.1) is 0 Å². The molecule has 0 radical (unpaired) electrons. The highest BCUT2D eigenvalue weighted by Crippen LogP contribution is 2.47. The van der Waals surface area contributed by atoms with Gasteiger partial charge in [-0.1, -0.05) is 54.6 Å². The van der Waals surface area contributed by atoms with Crippen LogP contribution in [0.4, 0.5) is 0 Å². The Kier molecular flexibility index (Phi) is 3.43. The van der Waals surface area contributed by atoms with Gasteiger partial charge in [0.1, 0.15) is 11.5 Å².